The summed E-state index contributed by atoms with van der Waals surface area (Å²) in [5.74, 6) is 0.0470. The van der Waals surface area contributed by atoms with Crippen molar-refractivity contribution < 1.29 is 4.79 Å². The first-order chi connectivity index (χ1) is 6.59. The Balaban J connectivity index is 2.49. The number of thiocarbonyl (C=S) groups is 1. The van der Waals surface area contributed by atoms with Crippen molar-refractivity contribution in [2.24, 2.45) is 0 Å². The normalized spacial score (nSPS) is 26.7. The molecule has 1 rings (SSSR count). The van der Waals surface area contributed by atoms with E-state index in [-0.39, 0.29) is 11.9 Å². The van der Waals surface area contributed by atoms with Crippen molar-refractivity contribution in [2.45, 2.75) is 51.6 Å². The molecule has 1 saturated carbocycles. The summed E-state index contributed by atoms with van der Waals surface area (Å²) in [6.45, 7) is 3.45. The van der Waals surface area contributed by atoms with Crippen molar-refractivity contribution in [1.82, 2.24) is 10.6 Å². The second kappa shape index (κ2) is 5.29. The molecule has 1 fully saturated rings. The molecule has 0 aromatic heterocycles. The van der Waals surface area contributed by atoms with Gasteiger partial charge in [-0.1, -0.05) is 25.1 Å². The van der Waals surface area contributed by atoms with Gasteiger partial charge in [-0.2, -0.15) is 0 Å². The number of nitrogens with one attached hydrogen (secondary N) is 2. The van der Waals surface area contributed by atoms with Gasteiger partial charge in [-0.25, -0.2) is 0 Å². The Labute approximate surface area is 90.6 Å². The van der Waals surface area contributed by atoms with Crippen LogP contribution in [0.4, 0.5) is 0 Å². The van der Waals surface area contributed by atoms with Crippen LogP contribution in [0.2, 0.25) is 0 Å². The first-order valence-electron chi connectivity index (χ1n) is 5.14. The molecular weight excluding hydrogens is 196 g/mol. The van der Waals surface area contributed by atoms with Crippen LogP contribution in [0.25, 0.3) is 0 Å². The summed E-state index contributed by atoms with van der Waals surface area (Å²) in [4.78, 5) is 11.8. The third kappa shape index (κ3) is 3.62. The quantitative estimate of drug-likeness (QED) is 0.682. The van der Waals surface area contributed by atoms with E-state index >= 15 is 0 Å². The second-order valence-corrected chi connectivity index (χ2v) is 4.51. The maximum absolute atomic E-state index is 11.0. The van der Waals surface area contributed by atoms with Gasteiger partial charge in [0, 0.05) is 19.0 Å². The minimum atomic E-state index is 0.0470. The fourth-order valence-electron chi connectivity index (χ4n) is 2.00. The van der Waals surface area contributed by atoms with E-state index < -0.39 is 0 Å². The molecule has 0 spiro atoms. The zero-order valence-electron chi connectivity index (χ0n) is 8.80. The second-order valence-electron chi connectivity index (χ2n) is 3.90. The zero-order chi connectivity index (χ0) is 10.6. The molecule has 0 aromatic carbocycles. The Kier molecular flexibility index (Phi) is 4.32. The van der Waals surface area contributed by atoms with E-state index in [0.29, 0.717) is 6.04 Å². The monoisotopic (exact) mass is 214 g/mol. The first-order valence-corrected chi connectivity index (χ1v) is 5.54. The number of carbonyl (C=O) groups excluding carboxylic acids is 1. The summed E-state index contributed by atoms with van der Waals surface area (Å²) < 4.78 is 0. The number of carbonyl (C=O) groups is 1. The highest BCUT2D eigenvalue weighted by Crippen LogP contribution is 2.18. The number of rotatable bonds is 2. The molecule has 0 aromatic rings. The van der Waals surface area contributed by atoms with Gasteiger partial charge < -0.3 is 10.6 Å². The Bertz CT molecular complexity index is 206. The molecule has 1 aliphatic carbocycles. The van der Waals surface area contributed by atoms with Crippen molar-refractivity contribution in [1.29, 1.82) is 0 Å². The number of hydrogen-bond donors (Lipinski definition) is 2. The molecule has 0 radical (unpaired) electrons. The van der Waals surface area contributed by atoms with Gasteiger partial charge in [-0.15, -0.1) is 0 Å². The van der Waals surface area contributed by atoms with E-state index in [1.54, 1.807) is 6.92 Å². The Hall–Kier alpha value is -0.640. The summed E-state index contributed by atoms with van der Waals surface area (Å²) in [5.41, 5.74) is 0. The van der Waals surface area contributed by atoms with Gasteiger partial charge in [0.1, 0.15) is 0 Å². The van der Waals surface area contributed by atoms with Gasteiger partial charge in [0.05, 0.1) is 4.99 Å². The molecule has 14 heavy (non-hydrogen) atoms. The third-order valence-electron chi connectivity index (χ3n) is 2.54. The smallest absolute Gasteiger partial charge is 0.217 e. The van der Waals surface area contributed by atoms with Crippen LogP contribution in [0.1, 0.15) is 39.5 Å². The molecule has 80 valence electrons. The molecule has 0 heterocycles. The highest BCUT2D eigenvalue weighted by molar-refractivity contribution is 7.80. The van der Waals surface area contributed by atoms with Gasteiger partial charge in [0.2, 0.25) is 5.91 Å². The molecule has 1 amide bonds. The first kappa shape index (κ1) is 11.4. The summed E-state index contributed by atoms with van der Waals surface area (Å²) in [5, 5.41) is 6.23. The SMILES string of the molecule is CC(=O)N[C@@H]1CCCC[C@@H]1NC(C)=S. The molecule has 0 unspecified atom stereocenters. The van der Waals surface area contributed by atoms with Crippen LogP contribution < -0.4 is 10.6 Å². The molecule has 0 aliphatic heterocycles. The van der Waals surface area contributed by atoms with Gasteiger partial charge in [-0.05, 0) is 19.8 Å². The molecule has 0 saturated heterocycles. The molecule has 3 nitrogen and oxygen atoms in total. The molecule has 1 aliphatic rings. The van der Waals surface area contributed by atoms with Crippen LogP contribution >= 0.6 is 12.2 Å². The Morgan fingerprint density at radius 1 is 1.14 bits per heavy atom. The molecule has 2 N–H and O–H groups in total. The highest BCUT2D eigenvalue weighted by atomic mass is 32.1. The van der Waals surface area contributed by atoms with Crippen molar-refractivity contribution in [3.8, 4) is 0 Å². The number of amides is 1. The lowest BCUT2D eigenvalue weighted by Gasteiger charge is -2.32. The van der Waals surface area contributed by atoms with E-state index in [1.807, 2.05) is 6.92 Å². The average Bonchev–Trinajstić information content (AvgIpc) is 2.06. The molecule has 2 atom stereocenters. The predicted octanol–water partition coefficient (Wildman–Crippen LogP) is 1.37. The predicted molar refractivity (Wildman–Crippen MR) is 61.3 cm³/mol. The largest absolute Gasteiger partial charge is 0.375 e. The topological polar surface area (TPSA) is 41.1 Å². The number of hydrogen-bond acceptors (Lipinski definition) is 2. The summed E-state index contributed by atoms with van der Waals surface area (Å²) in [6, 6.07) is 0.573. The van der Waals surface area contributed by atoms with Crippen LogP contribution in [0, 0.1) is 0 Å². The maximum Gasteiger partial charge on any atom is 0.217 e. The lowest BCUT2D eigenvalue weighted by atomic mass is 9.90. The lowest BCUT2D eigenvalue weighted by molar-refractivity contribution is -0.120. The minimum Gasteiger partial charge on any atom is -0.375 e. The standard InChI is InChI=1S/C10H18N2OS/c1-7(13)11-9-5-3-4-6-10(9)12-8(2)14/h9-10H,3-6H2,1-2H3,(H,11,13)(H,12,14)/t9-,10+/m1/s1. The highest BCUT2D eigenvalue weighted by Gasteiger charge is 2.25. The Morgan fingerprint density at radius 2 is 1.64 bits per heavy atom. The van der Waals surface area contributed by atoms with E-state index in [9.17, 15) is 4.79 Å². The Morgan fingerprint density at radius 3 is 2.07 bits per heavy atom. The van der Waals surface area contributed by atoms with Gasteiger partial charge >= 0.3 is 0 Å². The van der Waals surface area contributed by atoms with Gasteiger partial charge in [-0.3, -0.25) is 4.79 Å². The minimum absolute atomic E-state index is 0.0470. The van der Waals surface area contributed by atoms with Crippen LogP contribution in [-0.4, -0.2) is 23.0 Å². The van der Waals surface area contributed by atoms with Crippen LogP contribution in [-0.2, 0) is 4.79 Å². The van der Waals surface area contributed by atoms with E-state index in [1.165, 1.54) is 12.8 Å². The van der Waals surface area contributed by atoms with Crippen LogP contribution in [0.15, 0.2) is 0 Å². The summed E-state index contributed by atoms with van der Waals surface area (Å²) >= 11 is 5.02. The van der Waals surface area contributed by atoms with Crippen molar-refractivity contribution in [2.75, 3.05) is 0 Å². The van der Waals surface area contributed by atoms with Crippen molar-refractivity contribution >= 4 is 23.1 Å². The average molecular weight is 214 g/mol. The van der Waals surface area contributed by atoms with Gasteiger partial charge in [0.15, 0.2) is 0 Å². The third-order valence-corrected chi connectivity index (χ3v) is 2.66. The maximum atomic E-state index is 11.0. The van der Waals surface area contributed by atoms with Crippen LogP contribution in [0.3, 0.4) is 0 Å². The van der Waals surface area contributed by atoms with Crippen LogP contribution in [0.5, 0.6) is 0 Å². The summed E-state index contributed by atoms with van der Waals surface area (Å²) in [7, 11) is 0. The van der Waals surface area contributed by atoms with E-state index in [0.717, 1.165) is 17.8 Å². The van der Waals surface area contributed by atoms with E-state index in [2.05, 4.69) is 10.6 Å². The fraction of sp³-hybridized carbons (Fsp3) is 0.800. The lowest BCUT2D eigenvalue weighted by Crippen LogP contribution is -2.52. The van der Waals surface area contributed by atoms with Gasteiger partial charge in [0.25, 0.3) is 0 Å². The fourth-order valence-corrected chi connectivity index (χ4v) is 2.15. The molecule has 4 heteroatoms. The summed E-state index contributed by atoms with van der Waals surface area (Å²) in [6.07, 6.45) is 4.56. The molecule has 0 bridgehead atoms. The zero-order valence-corrected chi connectivity index (χ0v) is 9.62. The van der Waals surface area contributed by atoms with Crippen molar-refractivity contribution in [3.63, 3.8) is 0 Å². The molecular formula is C10H18N2OS. The van der Waals surface area contributed by atoms with Crippen molar-refractivity contribution in [3.05, 3.63) is 0 Å². The van der Waals surface area contributed by atoms with E-state index in [4.69, 9.17) is 12.2 Å².